The number of hydrogen-bond donors (Lipinski definition) is 2. The van der Waals surface area contributed by atoms with Gasteiger partial charge in [0.25, 0.3) is 0 Å². The van der Waals surface area contributed by atoms with E-state index in [2.05, 4.69) is 10.0 Å². The number of sulfonamides is 1. The first-order valence-electron chi connectivity index (χ1n) is 6.67. The summed E-state index contributed by atoms with van der Waals surface area (Å²) in [5.74, 6) is 0.674. The van der Waals surface area contributed by atoms with Gasteiger partial charge in [-0.3, -0.25) is 0 Å². The van der Waals surface area contributed by atoms with Crippen LogP contribution in [0.15, 0.2) is 17.0 Å². The van der Waals surface area contributed by atoms with Crippen LogP contribution in [0.3, 0.4) is 0 Å². The van der Waals surface area contributed by atoms with Gasteiger partial charge in [-0.2, -0.15) is 0 Å². The van der Waals surface area contributed by atoms with Gasteiger partial charge >= 0.3 is 0 Å². The van der Waals surface area contributed by atoms with Gasteiger partial charge in [0.1, 0.15) is 5.75 Å². The molecule has 1 aromatic rings. The highest BCUT2D eigenvalue weighted by Crippen LogP contribution is 2.27. The lowest BCUT2D eigenvalue weighted by Gasteiger charge is -2.25. The maximum atomic E-state index is 12.7. The van der Waals surface area contributed by atoms with E-state index < -0.39 is 15.6 Å². The molecule has 0 saturated carbocycles. The van der Waals surface area contributed by atoms with Gasteiger partial charge in [-0.05, 0) is 57.0 Å². The fraction of sp³-hybridized carbons (Fsp3) is 0.571. The van der Waals surface area contributed by atoms with Gasteiger partial charge in [0, 0.05) is 12.1 Å². The second-order valence-electron chi connectivity index (χ2n) is 5.68. The number of aryl methyl sites for hydroxylation is 2. The van der Waals surface area contributed by atoms with Gasteiger partial charge in [0.2, 0.25) is 10.0 Å². The highest BCUT2D eigenvalue weighted by atomic mass is 32.2. The molecule has 0 aliphatic carbocycles. The van der Waals surface area contributed by atoms with Crippen molar-refractivity contribution in [3.05, 3.63) is 23.3 Å². The molecule has 1 heterocycles. The highest BCUT2D eigenvalue weighted by Gasteiger charge is 2.34. The third-order valence-electron chi connectivity index (χ3n) is 3.69. The molecule has 2 rings (SSSR count). The molecular formula is C14H22N2O3S. The smallest absolute Gasteiger partial charge is 0.241 e. The predicted molar refractivity (Wildman–Crippen MR) is 78.7 cm³/mol. The fourth-order valence-electron chi connectivity index (χ4n) is 2.73. The molecule has 1 atom stereocenters. The number of methoxy groups -OCH3 is 1. The first-order valence-corrected chi connectivity index (χ1v) is 8.16. The van der Waals surface area contributed by atoms with E-state index in [1.54, 1.807) is 33.1 Å². The van der Waals surface area contributed by atoms with Gasteiger partial charge in [0.15, 0.2) is 0 Å². The van der Waals surface area contributed by atoms with Crippen LogP contribution >= 0.6 is 0 Å². The Morgan fingerprint density at radius 2 is 1.90 bits per heavy atom. The number of ether oxygens (including phenoxy) is 1. The molecule has 1 fully saturated rings. The third kappa shape index (κ3) is 2.97. The van der Waals surface area contributed by atoms with Crippen LogP contribution in [0.25, 0.3) is 0 Å². The summed E-state index contributed by atoms with van der Waals surface area (Å²) in [6.07, 6.45) is 0.792. The van der Waals surface area contributed by atoms with Gasteiger partial charge in [0.05, 0.1) is 12.0 Å². The minimum Gasteiger partial charge on any atom is -0.497 e. The Morgan fingerprint density at radius 1 is 1.30 bits per heavy atom. The van der Waals surface area contributed by atoms with E-state index in [-0.39, 0.29) is 0 Å². The van der Waals surface area contributed by atoms with Gasteiger partial charge in [-0.15, -0.1) is 0 Å². The minimum atomic E-state index is -3.53. The summed E-state index contributed by atoms with van der Waals surface area (Å²) in [7, 11) is -1.96. The predicted octanol–water partition coefficient (Wildman–Crippen LogP) is 1.34. The van der Waals surface area contributed by atoms with E-state index in [1.165, 1.54) is 0 Å². The Balaban J connectivity index is 2.39. The van der Waals surface area contributed by atoms with Crippen LogP contribution in [0.1, 0.15) is 24.5 Å². The molecule has 5 nitrogen and oxygen atoms in total. The average molecular weight is 298 g/mol. The van der Waals surface area contributed by atoms with Crippen molar-refractivity contribution < 1.29 is 13.2 Å². The average Bonchev–Trinajstić information content (AvgIpc) is 2.72. The van der Waals surface area contributed by atoms with Gasteiger partial charge < -0.3 is 10.1 Å². The molecule has 1 unspecified atom stereocenters. The molecule has 1 aromatic carbocycles. The van der Waals surface area contributed by atoms with Crippen molar-refractivity contribution in [1.82, 2.24) is 10.0 Å². The molecule has 0 spiro atoms. The molecule has 0 bridgehead atoms. The molecular weight excluding hydrogens is 276 g/mol. The van der Waals surface area contributed by atoms with Crippen LogP contribution < -0.4 is 14.8 Å². The van der Waals surface area contributed by atoms with Crippen LogP contribution in [0.4, 0.5) is 0 Å². The molecule has 1 aliphatic rings. The number of nitrogens with one attached hydrogen (secondary N) is 2. The van der Waals surface area contributed by atoms with Crippen LogP contribution in [0.2, 0.25) is 0 Å². The van der Waals surface area contributed by atoms with E-state index in [1.807, 2.05) is 6.92 Å². The molecule has 0 aromatic heterocycles. The SMILES string of the molecule is COc1cc(C)c(S(=O)(=O)NC2(C)CCNC2)c(C)c1. The Hall–Kier alpha value is -1.11. The molecule has 20 heavy (non-hydrogen) atoms. The molecule has 0 amide bonds. The summed E-state index contributed by atoms with van der Waals surface area (Å²) >= 11 is 0. The van der Waals surface area contributed by atoms with E-state index >= 15 is 0 Å². The van der Waals surface area contributed by atoms with E-state index in [4.69, 9.17) is 4.74 Å². The Morgan fingerprint density at radius 3 is 2.35 bits per heavy atom. The molecule has 1 aliphatic heterocycles. The van der Waals surface area contributed by atoms with Crippen molar-refractivity contribution in [2.75, 3.05) is 20.2 Å². The largest absolute Gasteiger partial charge is 0.497 e. The molecule has 0 radical (unpaired) electrons. The molecule has 6 heteroatoms. The van der Waals surface area contributed by atoms with Crippen molar-refractivity contribution in [2.45, 2.75) is 37.6 Å². The normalized spacial score (nSPS) is 23.0. The highest BCUT2D eigenvalue weighted by molar-refractivity contribution is 7.89. The summed E-state index contributed by atoms with van der Waals surface area (Å²) in [6.45, 7) is 7.00. The van der Waals surface area contributed by atoms with Crippen molar-refractivity contribution >= 4 is 10.0 Å². The maximum Gasteiger partial charge on any atom is 0.241 e. The number of benzene rings is 1. The second-order valence-corrected chi connectivity index (χ2v) is 7.30. The second kappa shape index (κ2) is 5.35. The monoisotopic (exact) mass is 298 g/mol. The van der Waals surface area contributed by atoms with E-state index in [9.17, 15) is 8.42 Å². The number of rotatable bonds is 4. The van der Waals surface area contributed by atoms with Gasteiger partial charge in [-0.1, -0.05) is 0 Å². The zero-order valence-electron chi connectivity index (χ0n) is 12.4. The van der Waals surface area contributed by atoms with Gasteiger partial charge in [-0.25, -0.2) is 13.1 Å². The zero-order valence-corrected chi connectivity index (χ0v) is 13.2. The Kier molecular flexibility index (Phi) is 4.09. The molecule has 2 N–H and O–H groups in total. The van der Waals surface area contributed by atoms with Crippen LogP contribution in [-0.2, 0) is 10.0 Å². The Labute approximate surface area is 120 Å². The van der Waals surface area contributed by atoms with Crippen molar-refractivity contribution in [3.63, 3.8) is 0 Å². The maximum absolute atomic E-state index is 12.7. The molecule has 112 valence electrons. The zero-order chi connectivity index (χ0) is 15.0. The minimum absolute atomic E-state index is 0.353. The summed E-state index contributed by atoms with van der Waals surface area (Å²) in [5.41, 5.74) is 0.977. The summed E-state index contributed by atoms with van der Waals surface area (Å²) in [6, 6.07) is 3.49. The lowest BCUT2D eigenvalue weighted by Crippen LogP contribution is -2.47. The summed E-state index contributed by atoms with van der Waals surface area (Å²) in [4.78, 5) is 0.353. The van der Waals surface area contributed by atoms with Crippen molar-refractivity contribution in [1.29, 1.82) is 0 Å². The quantitative estimate of drug-likeness (QED) is 0.880. The van der Waals surface area contributed by atoms with Crippen molar-refractivity contribution in [3.8, 4) is 5.75 Å². The third-order valence-corrected chi connectivity index (χ3v) is 5.63. The van der Waals surface area contributed by atoms with Crippen LogP contribution in [0, 0.1) is 13.8 Å². The lowest BCUT2D eigenvalue weighted by atomic mass is 10.0. The topological polar surface area (TPSA) is 67.4 Å². The lowest BCUT2D eigenvalue weighted by molar-refractivity contribution is 0.413. The summed E-state index contributed by atoms with van der Waals surface area (Å²) in [5, 5.41) is 3.19. The summed E-state index contributed by atoms with van der Waals surface area (Å²) < 4.78 is 33.3. The first-order chi connectivity index (χ1) is 9.27. The van der Waals surface area contributed by atoms with Crippen LogP contribution in [-0.4, -0.2) is 34.2 Å². The standard InChI is InChI=1S/C14H22N2O3S/c1-10-7-12(19-4)8-11(2)13(10)20(17,18)16-14(3)5-6-15-9-14/h7-8,15-16H,5-6,9H2,1-4H3. The van der Waals surface area contributed by atoms with Crippen LogP contribution in [0.5, 0.6) is 5.75 Å². The Bertz CT molecular complexity index is 582. The first kappa shape index (κ1) is 15.3. The fourth-order valence-corrected chi connectivity index (χ4v) is 4.62. The number of hydrogen-bond acceptors (Lipinski definition) is 4. The van der Waals surface area contributed by atoms with E-state index in [0.29, 0.717) is 28.3 Å². The molecule has 1 saturated heterocycles. The van der Waals surface area contributed by atoms with E-state index in [0.717, 1.165) is 13.0 Å². The van der Waals surface area contributed by atoms with Crippen molar-refractivity contribution in [2.24, 2.45) is 0 Å².